The lowest BCUT2D eigenvalue weighted by Gasteiger charge is -2.17. The monoisotopic (exact) mass is 293 g/mol. The summed E-state index contributed by atoms with van der Waals surface area (Å²) < 4.78 is 5.60. The van der Waals surface area contributed by atoms with Crippen LogP contribution in [0.4, 0.5) is 0 Å². The van der Waals surface area contributed by atoms with Gasteiger partial charge in [0.1, 0.15) is 6.10 Å². The van der Waals surface area contributed by atoms with Gasteiger partial charge in [-0.15, -0.1) is 0 Å². The molecule has 0 aromatic heterocycles. The zero-order valence-electron chi connectivity index (χ0n) is 12.9. The largest absolute Gasteiger partial charge is 0.454 e. The Morgan fingerprint density at radius 2 is 1.73 bits per heavy atom. The van der Waals surface area contributed by atoms with E-state index in [1.165, 1.54) is 5.56 Å². The van der Waals surface area contributed by atoms with Crippen LogP contribution in [0.2, 0.25) is 0 Å². The van der Waals surface area contributed by atoms with Gasteiger partial charge in [0.25, 0.3) is 0 Å². The first-order valence-electron chi connectivity index (χ1n) is 7.47. The molecule has 0 saturated heterocycles. The fourth-order valence-electron chi connectivity index (χ4n) is 2.23. The summed E-state index contributed by atoms with van der Waals surface area (Å²) >= 11 is 0. The Balaban J connectivity index is 2.11. The lowest BCUT2D eigenvalue weighted by atomic mass is 10.0. The van der Waals surface area contributed by atoms with Crippen molar-refractivity contribution in [3.63, 3.8) is 0 Å². The quantitative estimate of drug-likeness (QED) is 0.766. The van der Waals surface area contributed by atoms with Crippen molar-refractivity contribution in [3.8, 4) is 6.07 Å². The maximum Gasteiger partial charge on any atom is 0.338 e. The molecule has 2 aromatic rings. The number of carbonyl (C=O) groups is 1. The van der Waals surface area contributed by atoms with Gasteiger partial charge in [-0.1, -0.05) is 38.1 Å². The Morgan fingerprint density at radius 3 is 2.23 bits per heavy atom. The molecule has 1 atom stereocenters. The highest BCUT2D eigenvalue weighted by Gasteiger charge is 2.16. The number of hydrogen-bond acceptors (Lipinski definition) is 3. The molecular weight excluding hydrogens is 274 g/mol. The molecule has 0 saturated carbocycles. The standard InChI is InChI=1S/C19H19NO2/c1-3-14-5-9-16(10-6-14)18(4-2)22-19(21)17-11-7-15(13-20)8-12-17/h5-12,18H,3-4H2,1-2H3. The highest BCUT2D eigenvalue weighted by atomic mass is 16.5. The van der Waals surface area contributed by atoms with Crippen molar-refractivity contribution in [3.05, 3.63) is 70.8 Å². The van der Waals surface area contributed by atoms with Crippen molar-refractivity contribution in [2.45, 2.75) is 32.8 Å². The van der Waals surface area contributed by atoms with Crippen LogP contribution >= 0.6 is 0 Å². The maximum atomic E-state index is 12.2. The van der Waals surface area contributed by atoms with Crippen LogP contribution < -0.4 is 0 Å². The first-order valence-corrected chi connectivity index (χ1v) is 7.47. The predicted molar refractivity (Wildman–Crippen MR) is 85.4 cm³/mol. The zero-order chi connectivity index (χ0) is 15.9. The van der Waals surface area contributed by atoms with E-state index in [0.29, 0.717) is 17.5 Å². The van der Waals surface area contributed by atoms with Gasteiger partial charge in [-0.05, 0) is 48.2 Å². The molecule has 0 N–H and O–H groups in total. The van der Waals surface area contributed by atoms with Gasteiger partial charge in [-0.3, -0.25) is 0 Å². The molecule has 0 radical (unpaired) electrons. The van der Waals surface area contributed by atoms with E-state index in [4.69, 9.17) is 10.00 Å². The normalized spacial score (nSPS) is 11.5. The Hall–Kier alpha value is -2.60. The Kier molecular flexibility index (Phi) is 5.32. The van der Waals surface area contributed by atoms with Crippen LogP contribution in [0.1, 0.15) is 53.4 Å². The van der Waals surface area contributed by atoms with Crippen LogP contribution in [0.15, 0.2) is 48.5 Å². The van der Waals surface area contributed by atoms with E-state index in [1.54, 1.807) is 24.3 Å². The predicted octanol–water partition coefficient (Wildman–Crippen LogP) is 4.43. The van der Waals surface area contributed by atoms with Gasteiger partial charge in [-0.2, -0.15) is 5.26 Å². The number of ether oxygens (including phenoxy) is 1. The molecule has 3 heteroatoms. The number of benzene rings is 2. The number of esters is 1. The summed E-state index contributed by atoms with van der Waals surface area (Å²) in [7, 11) is 0. The van der Waals surface area contributed by atoms with Crippen LogP contribution in [-0.2, 0) is 11.2 Å². The molecule has 0 bridgehead atoms. The van der Waals surface area contributed by atoms with Crippen molar-refractivity contribution in [1.29, 1.82) is 5.26 Å². The fourth-order valence-corrected chi connectivity index (χ4v) is 2.23. The number of hydrogen-bond donors (Lipinski definition) is 0. The fraction of sp³-hybridized carbons (Fsp3) is 0.263. The van der Waals surface area contributed by atoms with E-state index >= 15 is 0 Å². The summed E-state index contributed by atoms with van der Waals surface area (Å²) in [5.41, 5.74) is 3.25. The van der Waals surface area contributed by atoms with E-state index in [9.17, 15) is 4.79 Å². The van der Waals surface area contributed by atoms with Crippen molar-refractivity contribution in [2.75, 3.05) is 0 Å². The SMILES string of the molecule is CCc1ccc(C(CC)OC(=O)c2ccc(C#N)cc2)cc1. The lowest BCUT2D eigenvalue weighted by Crippen LogP contribution is -2.11. The molecule has 3 nitrogen and oxygen atoms in total. The third-order valence-electron chi connectivity index (χ3n) is 3.63. The van der Waals surface area contributed by atoms with Gasteiger partial charge in [0, 0.05) is 0 Å². The molecule has 0 aliphatic rings. The van der Waals surface area contributed by atoms with Crippen molar-refractivity contribution in [1.82, 2.24) is 0 Å². The minimum absolute atomic E-state index is 0.256. The zero-order valence-corrected chi connectivity index (χ0v) is 12.9. The second-order valence-electron chi connectivity index (χ2n) is 5.09. The molecule has 22 heavy (non-hydrogen) atoms. The van der Waals surface area contributed by atoms with E-state index < -0.39 is 0 Å². The van der Waals surface area contributed by atoms with E-state index in [2.05, 4.69) is 19.1 Å². The second-order valence-corrected chi connectivity index (χ2v) is 5.09. The van der Waals surface area contributed by atoms with Crippen molar-refractivity contribution in [2.24, 2.45) is 0 Å². The summed E-state index contributed by atoms with van der Waals surface area (Å²) in [5.74, 6) is -0.365. The number of aryl methyl sites for hydroxylation is 1. The highest BCUT2D eigenvalue weighted by molar-refractivity contribution is 5.89. The Morgan fingerprint density at radius 1 is 1.09 bits per heavy atom. The first-order chi connectivity index (χ1) is 10.7. The molecule has 1 unspecified atom stereocenters. The maximum absolute atomic E-state index is 12.2. The molecule has 2 rings (SSSR count). The summed E-state index contributed by atoms with van der Waals surface area (Å²) in [6, 6.07) is 16.7. The summed E-state index contributed by atoms with van der Waals surface area (Å²) in [5, 5.41) is 8.78. The molecule has 0 amide bonds. The smallest absolute Gasteiger partial charge is 0.338 e. The van der Waals surface area contributed by atoms with Gasteiger partial charge in [-0.25, -0.2) is 4.79 Å². The van der Waals surface area contributed by atoms with Crippen molar-refractivity contribution < 1.29 is 9.53 Å². The van der Waals surface area contributed by atoms with Gasteiger partial charge >= 0.3 is 5.97 Å². The average molecular weight is 293 g/mol. The second kappa shape index (κ2) is 7.42. The Labute approximate surface area is 131 Å². The molecule has 0 aliphatic heterocycles. The minimum Gasteiger partial charge on any atom is -0.454 e. The topological polar surface area (TPSA) is 50.1 Å². The summed E-state index contributed by atoms with van der Waals surface area (Å²) in [4.78, 5) is 12.2. The molecule has 0 fully saturated rings. The van der Waals surface area contributed by atoms with E-state index in [1.807, 2.05) is 25.1 Å². The highest BCUT2D eigenvalue weighted by Crippen LogP contribution is 2.23. The van der Waals surface area contributed by atoms with Gasteiger partial charge in [0.05, 0.1) is 17.2 Å². The Bertz CT molecular complexity index is 666. The number of nitrogens with zero attached hydrogens (tertiary/aromatic N) is 1. The third-order valence-corrected chi connectivity index (χ3v) is 3.63. The molecular formula is C19H19NO2. The van der Waals surface area contributed by atoms with Crippen LogP contribution in [0.25, 0.3) is 0 Å². The molecule has 2 aromatic carbocycles. The van der Waals surface area contributed by atoms with Gasteiger partial charge in [0.2, 0.25) is 0 Å². The van der Waals surface area contributed by atoms with E-state index in [0.717, 1.165) is 12.0 Å². The minimum atomic E-state index is -0.365. The number of rotatable bonds is 5. The molecule has 0 heterocycles. The number of nitriles is 1. The molecule has 112 valence electrons. The number of carbonyl (C=O) groups excluding carboxylic acids is 1. The summed E-state index contributed by atoms with van der Waals surface area (Å²) in [6.07, 6.45) is 1.45. The van der Waals surface area contributed by atoms with E-state index in [-0.39, 0.29) is 12.1 Å². The van der Waals surface area contributed by atoms with Crippen LogP contribution in [-0.4, -0.2) is 5.97 Å². The van der Waals surface area contributed by atoms with Crippen LogP contribution in [0.3, 0.4) is 0 Å². The summed E-state index contributed by atoms with van der Waals surface area (Å²) in [6.45, 7) is 4.10. The first kappa shape index (κ1) is 15.8. The van der Waals surface area contributed by atoms with Crippen LogP contribution in [0, 0.1) is 11.3 Å². The lowest BCUT2D eigenvalue weighted by molar-refractivity contribution is 0.0288. The van der Waals surface area contributed by atoms with Crippen LogP contribution in [0.5, 0.6) is 0 Å². The molecule has 0 aliphatic carbocycles. The third kappa shape index (κ3) is 3.73. The van der Waals surface area contributed by atoms with Gasteiger partial charge < -0.3 is 4.74 Å². The van der Waals surface area contributed by atoms with Gasteiger partial charge in [0.15, 0.2) is 0 Å². The van der Waals surface area contributed by atoms with Crippen molar-refractivity contribution >= 4 is 5.97 Å². The average Bonchev–Trinajstić information content (AvgIpc) is 2.59. The molecule has 0 spiro atoms.